The summed E-state index contributed by atoms with van der Waals surface area (Å²) in [6.45, 7) is 4.11. The Morgan fingerprint density at radius 2 is 2.00 bits per heavy atom. The largest absolute Gasteiger partial charge is 0.484 e. The van der Waals surface area contributed by atoms with E-state index in [1.807, 2.05) is 6.07 Å². The third-order valence-corrected chi connectivity index (χ3v) is 2.66. The van der Waals surface area contributed by atoms with Crippen LogP contribution in [0, 0.1) is 5.92 Å². The first kappa shape index (κ1) is 18.1. The Balaban J connectivity index is 2.52. The molecule has 0 saturated carbocycles. The zero-order chi connectivity index (χ0) is 16.6. The molecular formula is C15H22F3N3O. The van der Waals surface area contributed by atoms with Gasteiger partial charge in [-0.25, -0.2) is 0 Å². The quantitative estimate of drug-likeness (QED) is 0.626. The summed E-state index contributed by atoms with van der Waals surface area (Å²) in [5.74, 6) is 1.33. The van der Waals surface area contributed by atoms with Crippen LogP contribution in [0.2, 0.25) is 0 Å². The molecule has 0 amide bonds. The van der Waals surface area contributed by atoms with Crippen LogP contribution in [0.5, 0.6) is 5.75 Å². The number of hydrogen-bond donors (Lipinski definition) is 2. The standard InChI is InChI=1S/C15H22F3N3O/c1-11(2)8-20-14(19-3)21-9-12-5-4-6-13(7-12)22-10-15(16,17)18/h4-7,11H,8-10H2,1-3H3,(H2,19,20,21). The van der Waals surface area contributed by atoms with Crippen molar-refractivity contribution in [2.24, 2.45) is 10.9 Å². The summed E-state index contributed by atoms with van der Waals surface area (Å²) in [6.07, 6.45) is -4.34. The van der Waals surface area contributed by atoms with Crippen molar-refractivity contribution in [2.75, 3.05) is 20.2 Å². The molecule has 0 heterocycles. The minimum Gasteiger partial charge on any atom is -0.484 e. The first-order valence-corrected chi connectivity index (χ1v) is 7.03. The van der Waals surface area contributed by atoms with Crippen LogP contribution in [0.3, 0.4) is 0 Å². The first-order valence-electron chi connectivity index (χ1n) is 7.03. The second-order valence-corrected chi connectivity index (χ2v) is 5.25. The fraction of sp³-hybridized carbons (Fsp3) is 0.533. The number of nitrogens with one attached hydrogen (secondary N) is 2. The zero-order valence-electron chi connectivity index (χ0n) is 13.0. The van der Waals surface area contributed by atoms with E-state index < -0.39 is 12.8 Å². The molecule has 0 fully saturated rings. The molecule has 0 saturated heterocycles. The number of alkyl halides is 3. The van der Waals surface area contributed by atoms with Crippen LogP contribution < -0.4 is 15.4 Å². The summed E-state index contributed by atoms with van der Waals surface area (Å²) >= 11 is 0. The van der Waals surface area contributed by atoms with Gasteiger partial charge in [0.05, 0.1) is 0 Å². The average molecular weight is 317 g/mol. The van der Waals surface area contributed by atoms with E-state index in [1.54, 1.807) is 19.2 Å². The SMILES string of the molecule is CN=C(NCc1cccc(OCC(F)(F)F)c1)NCC(C)C. The molecule has 2 N–H and O–H groups in total. The fourth-order valence-corrected chi connectivity index (χ4v) is 1.62. The van der Waals surface area contributed by atoms with E-state index in [1.165, 1.54) is 6.07 Å². The molecule has 0 aliphatic carbocycles. The normalized spacial score (nSPS) is 12.4. The van der Waals surface area contributed by atoms with E-state index in [9.17, 15) is 13.2 Å². The second-order valence-electron chi connectivity index (χ2n) is 5.25. The van der Waals surface area contributed by atoms with Crippen LogP contribution in [0.1, 0.15) is 19.4 Å². The number of aliphatic imine (C=N–C) groups is 1. The number of hydrogen-bond acceptors (Lipinski definition) is 2. The first-order chi connectivity index (χ1) is 10.3. The molecule has 7 heteroatoms. The maximum atomic E-state index is 12.1. The summed E-state index contributed by atoms with van der Waals surface area (Å²) in [5.41, 5.74) is 0.812. The molecule has 0 aromatic heterocycles. The molecule has 4 nitrogen and oxygen atoms in total. The lowest BCUT2D eigenvalue weighted by atomic mass is 10.2. The highest BCUT2D eigenvalue weighted by atomic mass is 19.4. The lowest BCUT2D eigenvalue weighted by Gasteiger charge is -2.14. The van der Waals surface area contributed by atoms with Crippen molar-refractivity contribution in [1.29, 1.82) is 0 Å². The summed E-state index contributed by atoms with van der Waals surface area (Å²) in [7, 11) is 1.67. The van der Waals surface area contributed by atoms with Gasteiger partial charge in [0.25, 0.3) is 0 Å². The van der Waals surface area contributed by atoms with Crippen LogP contribution in [-0.2, 0) is 6.54 Å². The smallest absolute Gasteiger partial charge is 0.422 e. The average Bonchev–Trinajstić information content (AvgIpc) is 2.45. The van der Waals surface area contributed by atoms with Crippen molar-refractivity contribution >= 4 is 5.96 Å². The van der Waals surface area contributed by atoms with Gasteiger partial charge in [-0.15, -0.1) is 0 Å². The van der Waals surface area contributed by atoms with E-state index in [2.05, 4.69) is 29.5 Å². The summed E-state index contributed by atoms with van der Waals surface area (Å²) in [6, 6.07) is 6.55. The third-order valence-electron chi connectivity index (χ3n) is 2.66. The summed E-state index contributed by atoms with van der Waals surface area (Å²) in [4.78, 5) is 4.08. The van der Waals surface area contributed by atoms with Gasteiger partial charge in [-0.05, 0) is 23.6 Å². The lowest BCUT2D eigenvalue weighted by Crippen LogP contribution is -2.38. The van der Waals surface area contributed by atoms with Crippen LogP contribution in [0.15, 0.2) is 29.3 Å². The monoisotopic (exact) mass is 317 g/mol. The minimum atomic E-state index is -4.34. The Hall–Kier alpha value is -1.92. The van der Waals surface area contributed by atoms with E-state index >= 15 is 0 Å². The van der Waals surface area contributed by atoms with Crippen molar-refractivity contribution in [3.8, 4) is 5.75 Å². The second kappa shape index (κ2) is 8.51. The maximum absolute atomic E-state index is 12.1. The molecular weight excluding hydrogens is 295 g/mol. The van der Waals surface area contributed by atoms with Crippen LogP contribution in [0.25, 0.3) is 0 Å². The van der Waals surface area contributed by atoms with E-state index in [-0.39, 0.29) is 5.75 Å². The highest BCUT2D eigenvalue weighted by molar-refractivity contribution is 5.79. The number of guanidine groups is 1. The molecule has 0 atom stereocenters. The Morgan fingerprint density at radius 3 is 2.59 bits per heavy atom. The Morgan fingerprint density at radius 1 is 1.27 bits per heavy atom. The Kier molecular flexibility index (Phi) is 7.01. The van der Waals surface area contributed by atoms with Crippen LogP contribution >= 0.6 is 0 Å². The van der Waals surface area contributed by atoms with Gasteiger partial charge in [0.1, 0.15) is 5.75 Å². The number of rotatable bonds is 6. The lowest BCUT2D eigenvalue weighted by molar-refractivity contribution is -0.153. The van der Waals surface area contributed by atoms with E-state index in [4.69, 9.17) is 4.74 Å². The third kappa shape index (κ3) is 7.75. The summed E-state index contributed by atoms with van der Waals surface area (Å²) in [5, 5.41) is 6.26. The molecule has 0 unspecified atom stereocenters. The van der Waals surface area contributed by atoms with E-state index in [0.717, 1.165) is 12.1 Å². The minimum absolute atomic E-state index is 0.196. The van der Waals surface area contributed by atoms with Crippen LogP contribution in [-0.4, -0.2) is 32.3 Å². The Bertz CT molecular complexity index is 487. The summed E-state index contributed by atoms with van der Waals surface area (Å²) < 4.78 is 41.1. The van der Waals surface area contributed by atoms with Gasteiger partial charge in [-0.2, -0.15) is 13.2 Å². The molecule has 1 aromatic carbocycles. The van der Waals surface area contributed by atoms with Crippen LogP contribution in [0.4, 0.5) is 13.2 Å². The van der Waals surface area contributed by atoms with Gasteiger partial charge in [0.2, 0.25) is 0 Å². The number of ether oxygens (including phenoxy) is 1. The van der Waals surface area contributed by atoms with Crippen molar-refractivity contribution in [2.45, 2.75) is 26.6 Å². The van der Waals surface area contributed by atoms with Gasteiger partial charge >= 0.3 is 6.18 Å². The van der Waals surface area contributed by atoms with Gasteiger partial charge < -0.3 is 15.4 Å². The molecule has 0 spiro atoms. The topological polar surface area (TPSA) is 45.7 Å². The molecule has 124 valence electrons. The Labute approximate surface area is 128 Å². The van der Waals surface area contributed by atoms with Gasteiger partial charge in [-0.1, -0.05) is 26.0 Å². The predicted octanol–water partition coefficient (Wildman–Crippen LogP) is 2.95. The van der Waals surface area contributed by atoms with Crippen molar-refractivity contribution in [3.63, 3.8) is 0 Å². The number of halogens is 3. The highest BCUT2D eigenvalue weighted by Gasteiger charge is 2.28. The molecule has 0 bridgehead atoms. The molecule has 0 aliphatic heterocycles. The van der Waals surface area contributed by atoms with E-state index in [0.29, 0.717) is 18.4 Å². The van der Waals surface area contributed by atoms with Crippen molar-refractivity contribution < 1.29 is 17.9 Å². The van der Waals surface area contributed by atoms with Crippen molar-refractivity contribution in [1.82, 2.24) is 10.6 Å². The molecule has 22 heavy (non-hydrogen) atoms. The maximum Gasteiger partial charge on any atom is 0.422 e. The number of nitrogens with zero attached hydrogens (tertiary/aromatic N) is 1. The molecule has 1 aromatic rings. The molecule has 1 rings (SSSR count). The highest BCUT2D eigenvalue weighted by Crippen LogP contribution is 2.19. The van der Waals surface area contributed by atoms with Gasteiger partial charge in [0, 0.05) is 20.1 Å². The zero-order valence-corrected chi connectivity index (χ0v) is 13.0. The molecule has 0 radical (unpaired) electrons. The van der Waals surface area contributed by atoms with Gasteiger partial charge in [0.15, 0.2) is 12.6 Å². The van der Waals surface area contributed by atoms with Gasteiger partial charge in [-0.3, -0.25) is 4.99 Å². The fourth-order valence-electron chi connectivity index (χ4n) is 1.62. The predicted molar refractivity (Wildman–Crippen MR) is 81.0 cm³/mol. The molecule has 0 aliphatic rings. The van der Waals surface area contributed by atoms with Crippen molar-refractivity contribution in [3.05, 3.63) is 29.8 Å². The number of benzene rings is 1.